The molecule has 0 rings (SSSR count). The van der Waals surface area contributed by atoms with Crippen LogP contribution in [-0.4, -0.2) is 19.2 Å². The van der Waals surface area contributed by atoms with Gasteiger partial charge in [0.2, 0.25) is 0 Å². The molecule has 76 valence electrons. The third-order valence-corrected chi connectivity index (χ3v) is 1.98. The van der Waals surface area contributed by atoms with Crippen molar-refractivity contribution < 1.29 is 4.39 Å². The maximum Gasteiger partial charge on any atom is 0.0785 e. The molecule has 0 aromatic heterocycles. The SMILES string of the molecule is C=C/C=C\C(CSC)=C(C)C.CF. The zero-order valence-corrected chi connectivity index (χ0v) is 9.75. The second kappa shape index (κ2) is 11.5. The summed E-state index contributed by atoms with van der Waals surface area (Å²) in [5.41, 5.74) is 2.79. The standard InChI is InChI=1S/C10H16S.CH3F/c1-5-6-7-10(8-11-4)9(2)3;1-2/h5-7H,1,8H2,2-4H3;1H3/b7-6-;. The van der Waals surface area contributed by atoms with Crippen molar-refractivity contribution in [2.24, 2.45) is 0 Å². The van der Waals surface area contributed by atoms with Crippen LogP contribution in [0.1, 0.15) is 13.8 Å². The summed E-state index contributed by atoms with van der Waals surface area (Å²) in [4.78, 5) is 0. The van der Waals surface area contributed by atoms with E-state index in [9.17, 15) is 4.39 Å². The molecule has 0 heterocycles. The number of alkyl halides is 1. The molecule has 0 radical (unpaired) electrons. The zero-order valence-electron chi connectivity index (χ0n) is 8.93. The minimum Gasteiger partial charge on any atom is -0.255 e. The molecule has 0 fully saturated rings. The molecule has 0 nitrogen and oxygen atoms in total. The molecule has 0 amide bonds. The quantitative estimate of drug-likeness (QED) is 0.621. The van der Waals surface area contributed by atoms with Crippen LogP contribution in [0.25, 0.3) is 0 Å². The van der Waals surface area contributed by atoms with Crippen LogP contribution in [-0.2, 0) is 0 Å². The van der Waals surface area contributed by atoms with E-state index >= 15 is 0 Å². The van der Waals surface area contributed by atoms with Gasteiger partial charge in [0.05, 0.1) is 7.18 Å². The molecule has 0 aliphatic carbocycles. The van der Waals surface area contributed by atoms with Crippen molar-refractivity contribution in [2.45, 2.75) is 13.8 Å². The van der Waals surface area contributed by atoms with Crippen molar-refractivity contribution in [3.05, 3.63) is 36.0 Å². The van der Waals surface area contributed by atoms with Crippen molar-refractivity contribution >= 4 is 11.8 Å². The molecule has 0 unspecified atom stereocenters. The van der Waals surface area contributed by atoms with E-state index in [-0.39, 0.29) is 0 Å². The number of hydrogen-bond donors (Lipinski definition) is 0. The van der Waals surface area contributed by atoms with Crippen LogP contribution in [0, 0.1) is 0 Å². The van der Waals surface area contributed by atoms with E-state index in [4.69, 9.17) is 0 Å². The summed E-state index contributed by atoms with van der Waals surface area (Å²) in [7, 11) is 0.500. The molecule has 0 aliphatic heterocycles. The predicted molar refractivity (Wildman–Crippen MR) is 63.1 cm³/mol. The van der Waals surface area contributed by atoms with Crippen molar-refractivity contribution in [2.75, 3.05) is 19.2 Å². The van der Waals surface area contributed by atoms with E-state index < -0.39 is 0 Å². The fraction of sp³-hybridized carbons (Fsp3) is 0.455. The molecular weight excluding hydrogens is 183 g/mol. The Morgan fingerprint density at radius 3 is 2.23 bits per heavy atom. The zero-order chi connectivity index (χ0) is 10.7. The van der Waals surface area contributed by atoms with Gasteiger partial charge in [0.25, 0.3) is 0 Å². The Morgan fingerprint density at radius 2 is 1.92 bits per heavy atom. The first-order chi connectivity index (χ1) is 6.22. The summed E-state index contributed by atoms with van der Waals surface area (Å²) in [6.07, 6.45) is 8.03. The molecule has 13 heavy (non-hydrogen) atoms. The van der Waals surface area contributed by atoms with Gasteiger partial charge in [0, 0.05) is 5.75 Å². The maximum absolute atomic E-state index is 9.50. The number of allylic oxidation sites excluding steroid dienone is 4. The normalized spacial score (nSPS) is 9.00. The Labute approximate surface area is 85.6 Å². The van der Waals surface area contributed by atoms with Gasteiger partial charge in [-0.3, -0.25) is 4.39 Å². The highest BCUT2D eigenvalue weighted by Gasteiger charge is 1.91. The van der Waals surface area contributed by atoms with Gasteiger partial charge in [-0.05, 0) is 25.7 Å². The van der Waals surface area contributed by atoms with Crippen LogP contribution in [0.5, 0.6) is 0 Å². The van der Waals surface area contributed by atoms with E-state index in [1.54, 1.807) is 0 Å². The van der Waals surface area contributed by atoms with Gasteiger partial charge >= 0.3 is 0 Å². The molecular formula is C11H19FS. The average Bonchev–Trinajstić information content (AvgIpc) is 2.15. The molecule has 0 spiro atoms. The number of thioether (sulfide) groups is 1. The Morgan fingerprint density at radius 1 is 1.38 bits per heavy atom. The van der Waals surface area contributed by atoms with Crippen LogP contribution in [0.2, 0.25) is 0 Å². The largest absolute Gasteiger partial charge is 0.255 e. The van der Waals surface area contributed by atoms with Gasteiger partial charge < -0.3 is 0 Å². The van der Waals surface area contributed by atoms with Crippen molar-refractivity contribution in [3.8, 4) is 0 Å². The summed E-state index contributed by atoms with van der Waals surface area (Å²) in [6, 6.07) is 0. The van der Waals surface area contributed by atoms with Gasteiger partial charge in [-0.2, -0.15) is 11.8 Å². The highest BCUT2D eigenvalue weighted by atomic mass is 32.2. The van der Waals surface area contributed by atoms with Gasteiger partial charge in [-0.25, -0.2) is 0 Å². The minimum absolute atomic E-state index is 0.500. The maximum atomic E-state index is 9.50. The summed E-state index contributed by atoms with van der Waals surface area (Å²) in [6.45, 7) is 7.91. The number of halogens is 1. The second-order valence-electron chi connectivity index (χ2n) is 2.55. The first-order valence-electron chi connectivity index (χ1n) is 4.04. The van der Waals surface area contributed by atoms with Crippen LogP contribution in [0.4, 0.5) is 4.39 Å². The molecule has 0 aromatic carbocycles. The minimum atomic E-state index is 0.500. The monoisotopic (exact) mass is 202 g/mol. The Bertz CT molecular complexity index is 177. The molecule has 0 bridgehead atoms. The Kier molecular flexibility index (Phi) is 13.3. The third kappa shape index (κ3) is 9.41. The molecule has 0 saturated heterocycles. The lowest BCUT2D eigenvalue weighted by atomic mass is 10.1. The van der Waals surface area contributed by atoms with E-state index in [1.807, 2.05) is 23.9 Å². The van der Waals surface area contributed by atoms with E-state index in [1.165, 1.54) is 11.1 Å². The molecule has 0 atom stereocenters. The molecule has 0 aromatic rings. The third-order valence-electron chi connectivity index (χ3n) is 1.38. The number of hydrogen-bond acceptors (Lipinski definition) is 1. The van der Waals surface area contributed by atoms with Crippen molar-refractivity contribution in [1.29, 1.82) is 0 Å². The van der Waals surface area contributed by atoms with Crippen molar-refractivity contribution in [1.82, 2.24) is 0 Å². The summed E-state index contributed by atoms with van der Waals surface area (Å²) < 4.78 is 9.50. The Hall–Kier alpha value is -0.500. The second-order valence-corrected chi connectivity index (χ2v) is 3.42. The topological polar surface area (TPSA) is 0 Å². The summed E-state index contributed by atoms with van der Waals surface area (Å²) in [5.74, 6) is 1.09. The van der Waals surface area contributed by atoms with Gasteiger partial charge in [-0.1, -0.05) is 30.4 Å². The average molecular weight is 202 g/mol. The van der Waals surface area contributed by atoms with Crippen LogP contribution >= 0.6 is 11.8 Å². The smallest absolute Gasteiger partial charge is 0.0785 e. The molecule has 0 aliphatic rings. The van der Waals surface area contributed by atoms with E-state index in [2.05, 4.69) is 32.8 Å². The lowest BCUT2D eigenvalue weighted by Gasteiger charge is -2.00. The lowest BCUT2D eigenvalue weighted by molar-refractivity contribution is 0.636. The first-order valence-corrected chi connectivity index (χ1v) is 5.44. The highest BCUT2D eigenvalue weighted by molar-refractivity contribution is 7.98. The van der Waals surface area contributed by atoms with Crippen molar-refractivity contribution in [3.63, 3.8) is 0 Å². The first kappa shape index (κ1) is 15.0. The van der Waals surface area contributed by atoms with Gasteiger partial charge in [0.15, 0.2) is 0 Å². The van der Waals surface area contributed by atoms with Crippen LogP contribution < -0.4 is 0 Å². The predicted octanol–water partition coefficient (Wildman–Crippen LogP) is 4.01. The highest BCUT2D eigenvalue weighted by Crippen LogP contribution is 2.10. The van der Waals surface area contributed by atoms with E-state index in [0.29, 0.717) is 7.18 Å². The number of rotatable bonds is 4. The lowest BCUT2D eigenvalue weighted by Crippen LogP contribution is -1.85. The van der Waals surface area contributed by atoms with Crippen LogP contribution in [0.3, 0.4) is 0 Å². The molecule has 0 N–H and O–H groups in total. The fourth-order valence-electron chi connectivity index (χ4n) is 0.699. The summed E-state index contributed by atoms with van der Waals surface area (Å²) in [5, 5.41) is 0. The molecule has 0 saturated carbocycles. The summed E-state index contributed by atoms with van der Waals surface area (Å²) >= 11 is 1.85. The fourth-order valence-corrected chi connectivity index (χ4v) is 1.39. The molecule has 2 heteroatoms. The van der Waals surface area contributed by atoms with Crippen LogP contribution in [0.15, 0.2) is 36.0 Å². The Balaban J connectivity index is 0. The van der Waals surface area contributed by atoms with Gasteiger partial charge in [0.1, 0.15) is 0 Å². The van der Waals surface area contributed by atoms with E-state index in [0.717, 1.165) is 5.75 Å². The van der Waals surface area contributed by atoms with Gasteiger partial charge in [-0.15, -0.1) is 0 Å².